The third kappa shape index (κ3) is 4.19. The molecule has 0 spiro atoms. The highest BCUT2D eigenvalue weighted by Gasteiger charge is 2.47. The van der Waals surface area contributed by atoms with Gasteiger partial charge in [-0.05, 0) is 26.2 Å². The number of carbonyl (C=O) groups excluding carboxylic acids is 2. The van der Waals surface area contributed by atoms with Crippen molar-refractivity contribution in [1.29, 1.82) is 0 Å². The fraction of sp³-hybridized carbons (Fsp3) is 0.875. The number of rotatable bonds is 9. The lowest BCUT2D eigenvalue weighted by Gasteiger charge is -2.46. The number of unbranched alkanes of at least 4 members (excludes halogenated alkanes) is 1. The molecule has 0 aromatic rings. The molecule has 0 saturated carbocycles. The predicted molar refractivity (Wildman–Crippen MR) is 83.0 cm³/mol. The summed E-state index contributed by atoms with van der Waals surface area (Å²) in [4.78, 5) is 26.7. The molecule has 1 aliphatic heterocycles. The molecule has 1 aliphatic rings. The van der Waals surface area contributed by atoms with E-state index in [-0.39, 0.29) is 17.9 Å². The largest absolute Gasteiger partial charge is 0.380 e. The number of carbonyl (C=O) groups is 2. The Morgan fingerprint density at radius 2 is 1.90 bits per heavy atom. The minimum atomic E-state index is -0.755. The predicted octanol–water partition coefficient (Wildman–Crippen LogP) is 2.10. The normalized spacial score (nSPS) is 26.1. The van der Waals surface area contributed by atoms with Gasteiger partial charge in [0.1, 0.15) is 11.6 Å². The Hall–Kier alpha value is -1.10. The minimum absolute atomic E-state index is 0.0277. The Labute approximate surface area is 128 Å². The van der Waals surface area contributed by atoms with Crippen molar-refractivity contribution in [3.63, 3.8) is 0 Å². The molecule has 1 rings (SSSR count). The topological polar surface area (TPSA) is 58.6 Å². The van der Waals surface area contributed by atoms with Gasteiger partial charge in [0.2, 0.25) is 11.8 Å². The second-order valence-electron chi connectivity index (χ2n) is 5.90. The average Bonchev–Trinajstić information content (AvgIpc) is 2.47. The molecule has 0 bridgehead atoms. The minimum Gasteiger partial charge on any atom is -0.380 e. The van der Waals surface area contributed by atoms with E-state index in [0.717, 1.165) is 19.3 Å². The van der Waals surface area contributed by atoms with Gasteiger partial charge < -0.3 is 15.0 Å². The van der Waals surface area contributed by atoms with Gasteiger partial charge in [0, 0.05) is 13.2 Å². The first-order valence-electron chi connectivity index (χ1n) is 8.21. The molecule has 0 aliphatic carbocycles. The van der Waals surface area contributed by atoms with Crippen molar-refractivity contribution >= 4 is 11.8 Å². The van der Waals surface area contributed by atoms with E-state index in [4.69, 9.17) is 4.74 Å². The standard InChI is InChI=1S/C16H30N2O3/c1-5-8-11-21-12-10-18-14(19)13(9-6-2)17-15(20)16(18,4)7-3/h13H,5-12H2,1-4H3,(H,17,20). The summed E-state index contributed by atoms with van der Waals surface area (Å²) in [5.74, 6) is -0.0171. The van der Waals surface area contributed by atoms with Crippen molar-refractivity contribution in [1.82, 2.24) is 10.2 Å². The summed E-state index contributed by atoms with van der Waals surface area (Å²) in [5, 5.41) is 2.88. The van der Waals surface area contributed by atoms with Gasteiger partial charge in [0.25, 0.3) is 0 Å². The molecule has 2 atom stereocenters. The lowest BCUT2D eigenvalue weighted by molar-refractivity contribution is -0.157. The molecule has 0 aromatic heterocycles. The van der Waals surface area contributed by atoms with Crippen LogP contribution in [0.25, 0.3) is 0 Å². The molecule has 1 saturated heterocycles. The highest BCUT2D eigenvalue weighted by molar-refractivity contribution is 5.99. The first-order valence-corrected chi connectivity index (χ1v) is 8.21. The van der Waals surface area contributed by atoms with Gasteiger partial charge in [0.15, 0.2) is 0 Å². The van der Waals surface area contributed by atoms with Crippen molar-refractivity contribution < 1.29 is 14.3 Å². The first-order chi connectivity index (χ1) is 10.0. The number of nitrogens with zero attached hydrogens (tertiary/aromatic N) is 1. The Bertz CT molecular complexity index is 359. The lowest BCUT2D eigenvalue weighted by Crippen LogP contribution is -2.69. The van der Waals surface area contributed by atoms with Crippen LogP contribution in [0.15, 0.2) is 0 Å². The monoisotopic (exact) mass is 298 g/mol. The molecular weight excluding hydrogens is 268 g/mol. The van der Waals surface area contributed by atoms with Crippen LogP contribution in [-0.2, 0) is 14.3 Å². The van der Waals surface area contributed by atoms with Gasteiger partial charge in [-0.1, -0.05) is 33.6 Å². The number of amides is 2. The van der Waals surface area contributed by atoms with Crippen LogP contribution >= 0.6 is 0 Å². The third-order valence-electron chi connectivity index (χ3n) is 4.32. The van der Waals surface area contributed by atoms with E-state index in [1.807, 2.05) is 20.8 Å². The van der Waals surface area contributed by atoms with Gasteiger partial charge in [-0.25, -0.2) is 0 Å². The number of piperazine rings is 1. The third-order valence-corrected chi connectivity index (χ3v) is 4.32. The molecule has 1 fully saturated rings. The van der Waals surface area contributed by atoms with E-state index in [1.54, 1.807) is 4.90 Å². The van der Waals surface area contributed by atoms with E-state index in [1.165, 1.54) is 0 Å². The zero-order valence-corrected chi connectivity index (χ0v) is 13.9. The molecule has 2 amide bonds. The van der Waals surface area contributed by atoms with Crippen molar-refractivity contribution in [3.05, 3.63) is 0 Å². The summed E-state index contributed by atoms with van der Waals surface area (Å²) < 4.78 is 5.57. The molecule has 5 heteroatoms. The Kier molecular flexibility index (Phi) is 7.15. The second kappa shape index (κ2) is 8.37. The Morgan fingerprint density at radius 1 is 1.19 bits per heavy atom. The van der Waals surface area contributed by atoms with Gasteiger partial charge in [-0.2, -0.15) is 0 Å². The van der Waals surface area contributed by atoms with E-state index >= 15 is 0 Å². The molecule has 122 valence electrons. The molecule has 0 radical (unpaired) electrons. The van der Waals surface area contributed by atoms with Crippen LogP contribution < -0.4 is 5.32 Å². The van der Waals surface area contributed by atoms with Crippen LogP contribution in [0.5, 0.6) is 0 Å². The van der Waals surface area contributed by atoms with Crippen LogP contribution in [0, 0.1) is 0 Å². The van der Waals surface area contributed by atoms with E-state index in [2.05, 4.69) is 12.2 Å². The summed E-state index contributed by atoms with van der Waals surface area (Å²) >= 11 is 0. The van der Waals surface area contributed by atoms with E-state index in [0.29, 0.717) is 32.6 Å². The quantitative estimate of drug-likeness (QED) is 0.663. The summed E-state index contributed by atoms with van der Waals surface area (Å²) in [5.41, 5.74) is -0.755. The Balaban J connectivity index is 2.71. The molecular formula is C16H30N2O3. The number of hydrogen-bond donors (Lipinski definition) is 1. The molecule has 1 heterocycles. The summed E-state index contributed by atoms with van der Waals surface area (Å²) in [6, 6.07) is -0.377. The van der Waals surface area contributed by atoms with Crippen LogP contribution in [0.1, 0.15) is 59.8 Å². The fourth-order valence-electron chi connectivity index (χ4n) is 2.63. The summed E-state index contributed by atoms with van der Waals surface area (Å²) in [6.07, 6.45) is 4.30. The maximum Gasteiger partial charge on any atom is 0.246 e. The van der Waals surface area contributed by atoms with Crippen molar-refractivity contribution in [2.24, 2.45) is 0 Å². The zero-order chi connectivity index (χ0) is 15.9. The molecule has 1 N–H and O–H groups in total. The van der Waals surface area contributed by atoms with Gasteiger partial charge in [-0.15, -0.1) is 0 Å². The van der Waals surface area contributed by atoms with Crippen molar-refractivity contribution in [3.8, 4) is 0 Å². The van der Waals surface area contributed by atoms with Gasteiger partial charge in [-0.3, -0.25) is 9.59 Å². The van der Waals surface area contributed by atoms with Crippen LogP contribution in [0.3, 0.4) is 0 Å². The summed E-state index contributed by atoms with van der Waals surface area (Å²) in [6.45, 7) is 9.61. The number of nitrogens with one attached hydrogen (secondary N) is 1. The average molecular weight is 298 g/mol. The molecule has 0 aromatic carbocycles. The molecule has 21 heavy (non-hydrogen) atoms. The van der Waals surface area contributed by atoms with Crippen LogP contribution in [-0.4, -0.2) is 48.1 Å². The van der Waals surface area contributed by atoms with Gasteiger partial charge in [0.05, 0.1) is 6.61 Å². The lowest BCUT2D eigenvalue weighted by atomic mass is 9.89. The highest BCUT2D eigenvalue weighted by Crippen LogP contribution is 2.26. The maximum absolute atomic E-state index is 12.6. The smallest absolute Gasteiger partial charge is 0.246 e. The Morgan fingerprint density at radius 3 is 2.48 bits per heavy atom. The summed E-state index contributed by atoms with van der Waals surface area (Å²) in [7, 11) is 0. The number of hydrogen-bond acceptors (Lipinski definition) is 3. The second-order valence-corrected chi connectivity index (χ2v) is 5.90. The number of ether oxygens (including phenoxy) is 1. The zero-order valence-electron chi connectivity index (χ0n) is 13.9. The van der Waals surface area contributed by atoms with Crippen molar-refractivity contribution in [2.75, 3.05) is 19.8 Å². The van der Waals surface area contributed by atoms with Crippen molar-refractivity contribution in [2.45, 2.75) is 71.4 Å². The van der Waals surface area contributed by atoms with E-state index < -0.39 is 5.54 Å². The highest BCUT2D eigenvalue weighted by atomic mass is 16.5. The van der Waals surface area contributed by atoms with E-state index in [9.17, 15) is 9.59 Å². The molecule has 2 unspecified atom stereocenters. The molecule has 5 nitrogen and oxygen atoms in total. The first kappa shape index (κ1) is 18.0. The fourth-order valence-corrected chi connectivity index (χ4v) is 2.63. The van der Waals surface area contributed by atoms with Crippen LogP contribution in [0.2, 0.25) is 0 Å². The SMILES string of the molecule is CCCCOCCN1C(=O)C(CCC)NC(=O)C1(C)CC. The maximum atomic E-state index is 12.6. The van der Waals surface area contributed by atoms with Gasteiger partial charge >= 0.3 is 0 Å². The van der Waals surface area contributed by atoms with Crippen LogP contribution in [0.4, 0.5) is 0 Å².